The van der Waals surface area contributed by atoms with Crippen LogP contribution in [0.4, 0.5) is 0 Å². The Morgan fingerprint density at radius 1 is 1.27 bits per heavy atom. The number of carbonyl (C=O) groups is 2. The molecule has 2 aromatic rings. The lowest BCUT2D eigenvalue weighted by Crippen LogP contribution is -2.34. The largest absolute Gasteiger partial charge is 0.481 e. The Labute approximate surface area is 153 Å². The molecule has 138 valence electrons. The number of carbonyl (C=O) groups excluding carboxylic acids is 1. The van der Waals surface area contributed by atoms with Crippen molar-refractivity contribution in [2.24, 2.45) is 11.8 Å². The number of para-hydroxylation sites is 1. The maximum atomic E-state index is 12.7. The van der Waals surface area contributed by atoms with Crippen LogP contribution < -0.4 is 5.32 Å². The highest BCUT2D eigenvalue weighted by Crippen LogP contribution is 2.42. The Hall–Kier alpha value is -2.63. The van der Waals surface area contributed by atoms with Crippen LogP contribution in [0.25, 0.3) is 5.69 Å². The molecule has 0 saturated heterocycles. The van der Waals surface area contributed by atoms with E-state index in [1.165, 1.54) is 0 Å². The molecule has 1 saturated carbocycles. The van der Waals surface area contributed by atoms with Crippen molar-refractivity contribution < 1.29 is 14.7 Å². The van der Waals surface area contributed by atoms with Crippen molar-refractivity contribution in [1.82, 2.24) is 15.1 Å². The van der Waals surface area contributed by atoms with E-state index in [4.69, 9.17) is 0 Å². The molecule has 0 aliphatic heterocycles. The molecule has 1 heterocycles. The van der Waals surface area contributed by atoms with Gasteiger partial charge in [-0.25, -0.2) is 4.68 Å². The summed E-state index contributed by atoms with van der Waals surface area (Å²) in [6.07, 6.45) is 4.22. The zero-order valence-corrected chi connectivity index (χ0v) is 15.2. The number of carboxylic acids is 1. The first-order valence-electron chi connectivity index (χ1n) is 9.11. The van der Waals surface area contributed by atoms with E-state index in [0.717, 1.165) is 24.2 Å². The van der Waals surface area contributed by atoms with Gasteiger partial charge in [0.05, 0.1) is 29.1 Å². The number of hydrogen-bond donors (Lipinski definition) is 2. The van der Waals surface area contributed by atoms with E-state index in [1.54, 1.807) is 6.20 Å². The van der Waals surface area contributed by atoms with E-state index < -0.39 is 11.9 Å². The van der Waals surface area contributed by atoms with Crippen molar-refractivity contribution >= 4 is 11.9 Å². The number of carboxylic acid groups (broad SMARTS) is 1. The molecule has 0 bridgehead atoms. The van der Waals surface area contributed by atoms with E-state index in [1.807, 2.05) is 48.9 Å². The lowest BCUT2D eigenvalue weighted by molar-refractivity contribution is -0.142. The average molecular weight is 355 g/mol. The number of amides is 1. The summed E-state index contributed by atoms with van der Waals surface area (Å²) in [5, 5.41) is 16.6. The molecule has 6 nitrogen and oxygen atoms in total. The van der Waals surface area contributed by atoms with Crippen molar-refractivity contribution in [2.75, 3.05) is 6.54 Å². The highest BCUT2D eigenvalue weighted by Gasteiger charge is 2.33. The second-order valence-corrected chi connectivity index (χ2v) is 7.34. The third-order valence-corrected chi connectivity index (χ3v) is 4.63. The van der Waals surface area contributed by atoms with Gasteiger partial charge in [0, 0.05) is 12.5 Å². The van der Waals surface area contributed by atoms with Gasteiger partial charge in [-0.05, 0) is 37.3 Å². The highest BCUT2D eigenvalue weighted by atomic mass is 16.4. The summed E-state index contributed by atoms with van der Waals surface area (Å²) in [5.41, 5.74) is 2.39. The quantitative estimate of drug-likeness (QED) is 0.761. The SMILES string of the molecule is CC(C)CC(CNC(=O)c1cnn(-c2ccccc2)c1C1CC1)C(=O)O. The van der Waals surface area contributed by atoms with Crippen LogP contribution >= 0.6 is 0 Å². The molecule has 1 aliphatic carbocycles. The van der Waals surface area contributed by atoms with Crippen LogP contribution in [-0.2, 0) is 4.79 Å². The van der Waals surface area contributed by atoms with E-state index in [-0.39, 0.29) is 18.4 Å². The molecule has 3 rings (SSSR count). The summed E-state index contributed by atoms with van der Waals surface area (Å²) in [4.78, 5) is 24.1. The van der Waals surface area contributed by atoms with Crippen molar-refractivity contribution in [1.29, 1.82) is 0 Å². The first-order chi connectivity index (χ1) is 12.5. The van der Waals surface area contributed by atoms with Crippen molar-refractivity contribution in [2.45, 2.75) is 39.0 Å². The first kappa shape index (κ1) is 18.2. The van der Waals surface area contributed by atoms with Gasteiger partial charge in [0.2, 0.25) is 0 Å². The van der Waals surface area contributed by atoms with Gasteiger partial charge in [0.25, 0.3) is 5.91 Å². The number of nitrogens with one attached hydrogen (secondary N) is 1. The third kappa shape index (κ3) is 4.12. The summed E-state index contributed by atoms with van der Waals surface area (Å²) < 4.78 is 1.83. The van der Waals surface area contributed by atoms with Gasteiger partial charge in [0.15, 0.2) is 0 Å². The molecule has 0 radical (unpaired) electrons. The zero-order valence-electron chi connectivity index (χ0n) is 15.2. The van der Waals surface area contributed by atoms with Crippen LogP contribution in [-0.4, -0.2) is 33.3 Å². The van der Waals surface area contributed by atoms with E-state index >= 15 is 0 Å². The van der Waals surface area contributed by atoms with Crippen LogP contribution in [0.3, 0.4) is 0 Å². The molecule has 6 heteroatoms. The number of aliphatic carboxylic acids is 1. The van der Waals surface area contributed by atoms with E-state index in [0.29, 0.717) is 17.9 Å². The maximum Gasteiger partial charge on any atom is 0.308 e. The normalized spacial score (nSPS) is 15.0. The van der Waals surface area contributed by atoms with Gasteiger partial charge >= 0.3 is 5.97 Å². The fourth-order valence-corrected chi connectivity index (χ4v) is 3.21. The fourth-order valence-electron chi connectivity index (χ4n) is 3.21. The fraction of sp³-hybridized carbons (Fsp3) is 0.450. The van der Waals surface area contributed by atoms with Crippen molar-refractivity contribution in [3.63, 3.8) is 0 Å². The van der Waals surface area contributed by atoms with Gasteiger partial charge in [-0.3, -0.25) is 9.59 Å². The van der Waals surface area contributed by atoms with Crippen LogP contribution in [0.15, 0.2) is 36.5 Å². The molecular weight excluding hydrogens is 330 g/mol. The average Bonchev–Trinajstić information content (AvgIpc) is 3.36. The van der Waals surface area contributed by atoms with Gasteiger partial charge in [-0.2, -0.15) is 5.10 Å². The minimum atomic E-state index is -0.874. The summed E-state index contributed by atoms with van der Waals surface area (Å²) in [6, 6.07) is 9.75. The Kier molecular flexibility index (Phi) is 5.40. The van der Waals surface area contributed by atoms with E-state index in [2.05, 4.69) is 10.4 Å². The van der Waals surface area contributed by atoms with Crippen LogP contribution in [0.2, 0.25) is 0 Å². The molecule has 1 fully saturated rings. The molecule has 2 N–H and O–H groups in total. The van der Waals surface area contributed by atoms with Crippen LogP contribution in [0.5, 0.6) is 0 Å². The Bertz CT molecular complexity index is 779. The molecule has 1 aromatic carbocycles. The predicted molar refractivity (Wildman–Crippen MR) is 98.5 cm³/mol. The molecule has 26 heavy (non-hydrogen) atoms. The summed E-state index contributed by atoms with van der Waals surface area (Å²) in [6.45, 7) is 4.09. The molecular formula is C20H25N3O3. The number of nitrogens with zero attached hydrogens (tertiary/aromatic N) is 2. The lowest BCUT2D eigenvalue weighted by atomic mass is 9.97. The van der Waals surface area contributed by atoms with Crippen LogP contribution in [0, 0.1) is 11.8 Å². The number of benzene rings is 1. The molecule has 1 unspecified atom stereocenters. The monoisotopic (exact) mass is 355 g/mol. The molecule has 1 amide bonds. The number of aromatic nitrogens is 2. The number of rotatable bonds is 8. The van der Waals surface area contributed by atoms with E-state index in [9.17, 15) is 14.7 Å². The predicted octanol–water partition coefficient (Wildman–Crippen LogP) is 3.23. The highest BCUT2D eigenvalue weighted by molar-refractivity contribution is 5.95. The third-order valence-electron chi connectivity index (χ3n) is 4.63. The van der Waals surface area contributed by atoms with Gasteiger partial charge < -0.3 is 10.4 Å². The van der Waals surface area contributed by atoms with Crippen LogP contribution in [0.1, 0.15) is 55.1 Å². The Morgan fingerprint density at radius 3 is 2.54 bits per heavy atom. The summed E-state index contributed by atoms with van der Waals surface area (Å²) in [7, 11) is 0. The van der Waals surface area contributed by atoms with Crippen molar-refractivity contribution in [3.05, 3.63) is 47.8 Å². The summed E-state index contributed by atoms with van der Waals surface area (Å²) >= 11 is 0. The standard InChI is InChI=1S/C20H25N3O3/c1-13(2)10-15(20(25)26)11-21-19(24)17-12-22-23(18(17)14-8-9-14)16-6-4-3-5-7-16/h3-7,12-15H,8-11H2,1-2H3,(H,21,24)(H,25,26). The minimum Gasteiger partial charge on any atom is -0.481 e. The van der Waals surface area contributed by atoms with Gasteiger partial charge in [-0.1, -0.05) is 32.0 Å². The molecule has 0 spiro atoms. The topological polar surface area (TPSA) is 84.2 Å². The van der Waals surface area contributed by atoms with Crippen molar-refractivity contribution in [3.8, 4) is 5.69 Å². The Balaban J connectivity index is 1.78. The van der Waals surface area contributed by atoms with Gasteiger partial charge in [-0.15, -0.1) is 0 Å². The second-order valence-electron chi connectivity index (χ2n) is 7.34. The maximum absolute atomic E-state index is 12.7. The first-order valence-corrected chi connectivity index (χ1v) is 9.11. The molecule has 1 aliphatic rings. The Morgan fingerprint density at radius 2 is 1.96 bits per heavy atom. The molecule has 1 atom stereocenters. The number of hydrogen-bond acceptors (Lipinski definition) is 3. The molecule has 1 aromatic heterocycles. The smallest absolute Gasteiger partial charge is 0.308 e. The minimum absolute atomic E-state index is 0.132. The van der Waals surface area contributed by atoms with Gasteiger partial charge in [0.1, 0.15) is 0 Å². The summed E-state index contributed by atoms with van der Waals surface area (Å²) in [5.74, 6) is -1.10. The lowest BCUT2D eigenvalue weighted by Gasteiger charge is -2.15. The second kappa shape index (κ2) is 7.72. The zero-order chi connectivity index (χ0) is 18.7.